The molecule has 0 spiro atoms. The summed E-state index contributed by atoms with van der Waals surface area (Å²) in [6.07, 6.45) is 7.35. The highest BCUT2D eigenvalue weighted by molar-refractivity contribution is 7.99. The first-order valence-corrected chi connectivity index (χ1v) is 9.24. The maximum absolute atomic E-state index is 4.34. The molecule has 0 atom stereocenters. The largest absolute Gasteiger partial charge is 0.340 e. The van der Waals surface area contributed by atoms with E-state index in [1.807, 2.05) is 18.0 Å². The summed E-state index contributed by atoms with van der Waals surface area (Å²) >= 11 is 1.82. The predicted octanol–water partition coefficient (Wildman–Crippen LogP) is 4.56. The van der Waals surface area contributed by atoms with E-state index in [4.69, 9.17) is 0 Å². The topological polar surface area (TPSA) is 46.3 Å². The molecule has 25 heavy (non-hydrogen) atoms. The number of aromatic nitrogens is 3. The van der Waals surface area contributed by atoms with Crippen LogP contribution in [0.15, 0.2) is 70.0 Å². The Kier molecular flexibility index (Phi) is 4.52. The fraction of sp³-hybridized carbons (Fsp3) is 0.211. The molecule has 1 aliphatic heterocycles. The summed E-state index contributed by atoms with van der Waals surface area (Å²) in [6.45, 7) is 3.27. The zero-order valence-corrected chi connectivity index (χ0v) is 14.9. The number of anilines is 2. The average molecular weight is 349 g/mol. The van der Waals surface area contributed by atoms with Gasteiger partial charge in [-0.25, -0.2) is 4.68 Å². The van der Waals surface area contributed by atoms with Crippen LogP contribution in [0.3, 0.4) is 0 Å². The second-order valence-corrected chi connectivity index (χ2v) is 6.97. The smallest absolute Gasteiger partial charge is 0.141 e. The SMILES string of the molecule is CCCCN1c2ccccc2Sc2cc(C=Nn3cnnc3)ccc21. The molecule has 126 valence electrons. The fourth-order valence-electron chi connectivity index (χ4n) is 2.88. The van der Waals surface area contributed by atoms with Gasteiger partial charge in [0, 0.05) is 16.3 Å². The summed E-state index contributed by atoms with van der Waals surface area (Å²) in [5.41, 5.74) is 3.65. The highest BCUT2D eigenvalue weighted by Gasteiger charge is 2.22. The van der Waals surface area contributed by atoms with Gasteiger partial charge in [-0.1, -0.05) is 43.3 Å². The van der Waals surface area contributed by atoms with E-state index < -0.39 is 0 Å². The Morgan fingerprint density at radius 3 is 2.68 bits per heavy atom. The monoisotopic (exact) mass is 349 g/mol. The Labute approximate surface area is 151 Å². The van der Waals surface area contributed by atoms with Crippen LogP contribution < -0.4 is 4.90 Å². The lowest BCUT2D eigenvalue weighted by atomic mass is 10.1. The highest BCUT2D eigenvalue weighted by atomic mass is 32.2. The quantitative estimate of drug-likeness (QED) is 0.633. The van der Waals surface area contributed by atoms with Crippen molar-refractivity contribution in [1.29, 1.82) is 0 Å². The first-order valence-electron chi connectivity index (χ1n) is 8.42. The van der Waals surface area contributed by atoms with Crippen molar-refractivity contribution in [1.82, 2.24) is 14.9 Å². The molecular formula is C19H19N5S. The average Bonchev–Trinajstić information content (AvgIpc) is 3.17. The van der Waals surface area contributed by atoms with Crippen molar-refractivity contribution in [2.24, 2.45) is 5.10 Å². The molecule has 0 amide bonds. The van der Waals surface area contributed by atoms with Crippen LogP contribution in [0.2, 0.25) is 0 Å². The molecule has 4 rings (SSSR count). The second kappa shape index (κ2) is 7.11. The number of hydrogen-bond donors (Lipinski definition) is 0. The van der Waals surface area contributed by atoms with Crippen LogP contribution in [-0.2, 0) is 0 Å². The Bertz CT molecular complexity index is 889. The highest BCUT2D eigenvalue weighted by Crippen LogP contribution is 2.48. The first-order chi connectivity index (χ1) is 12.3. The van der Waals surface area contributed by atoms with Crippen LogP contribution in [0.25, 0.3) is 0 Å². The first kappa shape index (κ1) is 15.9. The number of unbranched alkanes of at least 4 members (excludes halogenated alkanes) is 1. The van der Waals surface area contributed by atoms with E-state index in [0.717, 1.165) is 12.1 Å². The fourth-order valence-corrected chi connectivity index (χ4v) is 4.02. The molecule has 0 aliphatic carbocycles. The van der Waals surface area contributed by atoms with Crippen LogP contribution in [-0.4, -0.2) is 27.6 Å². The lowest BCUT2D eigenvalue weighted by Crippen LogP contribution is -2.21. The summed E-state index contributed by atoms with van der Waals surface area (Å²) in [6, 6.07) is 15.1. The second-order valence-electron chi connectivity index (χ2n) is 5.89. The van der Waals surface area contributed by atoms with Crippen molar-refractivity contribution in [3.63, 3.8) is 0 Å². The third-order valence-electron chi connectivity index (χ3n) is 4.13. The molecule has 3 aromatic rings. The van der Waals surface area contributed by atoms with E-state index >= 15 is 0 Å². The van der Waals surface area contributed by atoms with Gasteiger partial charge in [0.15, 0.2) is 0 Å². The predicted molar refractivity (Wildman–Crippen MR) is 102 cm³/mol. The maximum atomic E-state index is 4.34. The molecule has 0 radical (unpaired) electrons. The molecular weight excluding hydrogens is 330 g/mol. The van der Waals surface area contributed by atoms with E-state index in [1.54, 1.807) is 17.3 Å². The van der Waals surface area contributed by atoms with Crippen LogP contribution in [0.5, 0.6) is 0 Å². The van der Waals surface area contributed by atoms with Gasteiger partial charge in [0.2, 0.25) is 0 Å². The van der Waals surface area contributed by atoms with Crippen molar-refractivity contribution in [2.45, 2.75) is 29.6 Å². The van der Waals surface area contributed by atoms with Gasteiger partial charge in [-0.2, -0.15) is 5.10 Å². The number of hydrogen-bond acceptors (Lipinski definition) is 5. The number of rotatable bonds is 5. The summed E-state index contributed by atoms with van der Waals surface area (Å²) in [5.74, 6) is 0. The van der Waals surface area contributed by atoms with Crippen molar-refractivity contribution in [2.75, 3.05) is 11.4 Å². The minimum Gasteiger partial charge on any atom is -0.340 e. The van der Waals surface area contributed by atoms with Crippen LogP contribution in [0.1, 0.15) is 25.3 Å². The third-order valence-corrected chi connectivity index (χ3v) is 5.24. The van der Waals surface area contributed by atoms with Crippen LogP contribution in [0.4, 0.5) is 11.4 Å². The number of nitrogens with zero attached hydrogens (tertiary/aromatic N) is 5. The third kappa shape index (κ3) is 3.30. The van der Waals surface area contributed by atoms with Crippen LogP contribution >= 0.6 is 11.8 Å². The summed E-state index contributed by atoms with van der Waals surface area (Å²) in [7, 11) is 0. The van der Waals surface area contributed by atoms with Crippen molar-refractivity contribution in [3.05, 3.63) is 60.7 Å². The molecule has 5 nitrogen and oxygen atoms in total. The Morgan fingerprint density at radius 1 is 1.04 bits per heavy atom. The number of para-hydroxylation sites is 1. The van der Waals surface area contributed by atoms with Crippen LogP contribution in [0, 0.1) is 0 Å². The van der Waals surface area contributed by atoms with Crippen molar-refractivity contribution >= 4 is 29.4 Å². The van der Waals surface area contributed by atoms with Gasteiger partial charge in [0.1, 0.15) is 12.7 Å². The molecule has 0 saturated heterocycles. The van der Waals surface area contributed by atoms with E-state index in [-0.39, 0.29) is 0 Å². The molecule has 0 unspecified atom stereocenters. The molecule has 2 aromatic carbocycles. The van der Waals surface area contributed by atoms with Gasteiger partial charge in [0.25, 0.3) is 0 Å². The Morgan fingerprint density at radius 2 is 1.84 bits per heavy atom. The Balaban J connectivity index is 1.67. The molecule has 1 aliphatic rings. The summed E-state index contributed by atoms with van der Waals surface area (Å²) in [5, 5.41) is 11.9. The van der Waals surface area contributed by atoms with Gasteiger partial charge in [0.05, 0.1) is 17.6 Å². The molecule has 0 bridgehead atoms. The maximum Gasteiger partial charge on any atom is 0.141 e. The molecule has 6 heteroatoms. The molecule has 1 aromatic heterocycles. The lowest BCUT2D eigenvalue weighted by Gasteiger charge is -2.33. The normalized spacial score (nSPS) is 13.1. The summed E-state index contributed by atoms with van der Waals surface area (Å²) in [4.78, 5) is 5.01. The number of fused-ring (bicyclic) bond motifs is 2. The zero-order valence-electron chi connectivity index (χ0n) is 14.0. The molecule has 0 N–H and O–H groups in total. The van der Waals surface area contributed by atoms with Gasteiger partial charge >= 0.3 is 0 Å². The van der Waals surface area contributed by atoms with Crippen molar-refractivity contribution < 1.29 is 0 Å². The van der Waals surface area contributed by atoms with E-state index in [2.05, 4.69) is 69.6 Å². The minimum atomic E-state index is 1.04. The zero-order chi connectivity index (χ0) is 17.1. The minimum absolute atomic E-state index is 1.04. The Hall–Kier alpha value is -2.60. The van der Waals surface area contributed by atoms with Crippen molar-refractivity contribution in [3.8, 4) is 0 Å². The number of benzene rings is 2. The van der Waals surface area contributed by atoms with Gasteiger partial charge in [-0.15, -0.1) is 10.2 Å². The van der Waals surface area contributed by atoms with Gasteiger partial charge in [-0.3, -0.25) is 0 Å². The summed E-state index contributed by atoms with van der Waals surface area (Å²) < 4.78 is 1.59. The molecule has 0 saturated carbocycles. The van der Waals surface area contributed by atoms with E-state index in [1.165, 1.54) is 34.0 Å². The lowest BCUT2D eigenvalue weighted by molar-refractivity contribution is 0.777. The van der Waals surface area contributed by atoms with E-state index in [9.17, 15) is 0 Å². The standard InChI is InChI=1S/C19H19N5S/c1-2-3-10-24-16-6-4-5-7-18(16)25-19-11-15(8-9-17(19)24)12-22-23-13-20-21-14-23/h4-9,11-14H,2-3,10H2,1H3. The molecule has 2 heterocycles. The van der Waals surface area contributed by atoms with Gasteiger partial charge in [-0.05, 0) is 36.2 Å². The van der Waals surface area contributed by atoms with Gasteiger partial charge < -0.3 is 4.90 Å². The molecule has 0 fully saturated rings. The van der Waals surface area contributed by atoms with E-state index in [0.29, 0.717) is 0 Å².